The molecule has 0 saturated heterocycles. The van der Waals surface area contributed by atoms with Crippen LogP contribution < -0.4 is 11.5 Å². The SMILES string of the molecule is CC1(C)CC(N)CC(N)C1.Cl. The molecular formula is C8H19ClN2. The van der Waals surface area contributed by atoms with Crippen molar-refractivity contribution in [2.75, 3.05) is 0 Å². The Morgan fingerprint density at radius 2 is 1.45 bits per heavy atom. The lowest BCUT2D eigenvalue weighted by Crippen LogP contribution is -2.43. The van der Waals surface area contributed by atoms with Crippen LogP contribution in [0.2, 0.25) is 0 Å². The van der Waals surface area contributed by atoms with Crippen LogP contribution >= 0.6 is 12.4 Å². The van der Waals surface area contributed by atoms with E-state index < -0.39 is 0 Å². The van der Waals surface area contributed by atoms with E-state index >= 15 is 0 Å². The lowest BCUT2D eigenvalue weighted by Gasteiger charge is -2.37. The van der Waals surface area contributed by atoms with Gasteiger partial charge >= 0.3 is 0 Å². The maximum atomic E-state index is 5.82. The third kappa shape index (κ3) is 3.41. The molecule has 0 aromatic carbocycles. The molecule has 2 atom stereocenters. The predicted molar refractivity (Wildman–Crippen MR) is 50.8 cm³/mol. The first-order valence-electron chi connectivity index (χ1n) is 4.01. The maximum absolute atomic E-state index is 5.82. The van der Waals surface area contributed by atoms with Crippen LogP contribution in [0.1, 0.15) is 33.1 Å². The Labute approximate surface area is 75.1 Å². The number of hydrogen-bond acceptors (Lipinski definition) is 2. The fourth-order valence-electron chi connectivity index (χ4n) is 2.06. The van der Waals surface area contributed by atoms with Crippen molar-refractivity contribution in [1.82, 2.24) is 0 Å². The second kappa shape index (κ2) is 3.74. The summed E-state index contributed by atoms with van der Waals surface area (Å²) in [5.41, 5.74) is 12.0. The minimum Gasteiger partial charge on any atom is -0.328 e. The van der Waals surface area contributed by atoms with Crippen molar-refractivity contribution in [1.29, 1.82) is 0 Å². The quantitative estimate of drug-likeness (QED) is 0.587. The molecule has 11 heavy (non-hydrogen) atoms. The molecule has 0 aromatic rings. The fraction of sp³-hybridized carbons (Fsp3) is 1.00. The van der Waals surface area contributed by atoms with Gasteiger partial charge in [0.15, 0.2) is 0 Å². The Kier molecular flexibility index (Phi) is 3.82. The van der Waals surface area contributed by atoms with E-state index in [1.54, 1.807) is 0 Å². The second-order valence-corrected chi connectivity index (χ2v) is 4.33. The molecule has 0 aromatic heterocycles. The van der Waals surface area contributed by atoms with E-state index in [2.05, 4.69) is 13.8 Å². The molecule has 2 nitrogen and oxygen atoms in total. The van der Waals surface area contributed by atoms with Gasteiger partial charge in [0.1, 0.15) is 0 Å². The third-order valence-electron chi connectivity index (χ3n) is 2.24. The summed E-state index contributed by atoms with van der Waals surface area (Å²) in [7, 11) is 0. The average Bonchev–Trinajstić information content (AvgIpc) is 1.54. The summed E-state index contributed by atoms with van der Waals surface area (Å²) in [6.45, 7) is 4.48. The van der Waals surface area contributed by atoms with E-state index in [0.29, 0.717) is 17.5 Å². The van der Waals surface area contributed by atoms with Gasteiger partial charge in [0.25, 0.3) is 0 Å². The number of nitrogens with two attached hydrogens (primary N) is 2. The van der Waals surface area contributed by atoms with Crippen LogP contribution in [0.4, 0.5) is 0 Å². The molecular weight excluding hydrogens is 160 g/mol. The highest BCUT2D eigenvalue weighted by Crippen LogP contribution is 2.33. The Balaban J connectivity index is 0.000001000. The molecule has 2 unspecified atom stereocenters. The Morgan fingerprint density at radius 3 is 1.73 bits per heavy atom. The van der Waals surface area contributed by atoms with Crippen molar-refractivity contribution in [3.8, 4) is 0 Å². The molecule has 0 aliphatic heterocycles. The number of hydrogen-bond donors (Lipinski definition) is 2. The summed E-state index contributed by atoms with van der Waals surface area (Å²) in [6.07, 6.45) is 3.25. The monoisotopic (exact) mass is 178 g/mol. The van der Waals surface area contributed by atoms with Crippen LogP contribution in [0.3, 0.4) is 0 Å². The van der Waals surface area contributed by atoms with Crippen LogP contribution in [-0.4, -0.2) is 12.1 Å². The van der Waals surface area contributed by atoms with E-state index in [1.807, 2.05) is 0 Å². The van der Waals surface area contributed by atoms with Crippen LogP contribution in [0.5, 0.6) is 0 Å². The van der Waals surface area contributed by atoms with Crippen molar-refractivity contribution in [2.45, 2.75) is 45.2 Å². The minimum absolute atomic E-state index is 0. The lowest BCUT2D eigenvalue weighted by molar-refractivity contribution is 0.198. The Bertz CT molecular complexity index is 113. The van der Waals surface area contributed by atoms with Gasteiger partial charge in [-0.1, -0.05) is 13.8 Å². The van der Waals surface area contributed by atoms with Gasteiger partial charge in [-0.05, 0) is 24.7 Å². The van der Waals surface area contributed by atoms with Gasteiger partial charge in [-0.3, -0.25) is 0 Å². The molecule has 0 amide bonds. The summed E-state index contributed by atoms with van der Waals surface area (Å²) in [6, 6.07) is 0.664. The van der Waals surface area contributed by atoms with Crippen LogP contribution in [0.15, 0.2) is 0 Å². The molecule has 1 fully saturated rings. The third-order valence-corrected chi connectivity index (χ3v) is 2.24. The zero-order chi connectivity index (χ0) is 7.78. The van der Waals surface area contributed by atoms with Crippen molar-refractivity contribution in [2.24, 2.45) is 16.9 Å². The topological polar surface area (TPSA) is 52.0 Å². The molecule has 4 N–H and O–H groups in total. The summed E-state index contributed by atoms with van der Waals surface area (Å²) in [5, 5.41) is 0. The highest BCUT2D eigenvalue weighted by Gasteiger charge is 2.30. The summed E-state index contributed by atoms with van der Waals surface area (Å²) < 4.78 is 0. The second-order valence-electron chi connectivity index (χ2n) is 4.33. The average molecular weight is 179 g/mol. The molecule has 3 heteroatoms. The number of halogens is 1. The van der Waals surface area contributed by atoms with E-state index in [-0.39, 0.29) is 12.4 Å². The number of rotatable bonds is 0. The molecule has 68 valence electrons. The highest BCUT2D eigenvalue weighted by atomic mass is 35.5. The van der Waals surface area contributed by atoms with Crippen LogP contribution in [0, 0.1) is 5.41 Å². The fourth-order valence-corrected chi connectivity index (χ4v) is 2.06. The van der Waals surface area contributed by atoms with Crippen molar-refractivity contribution in [3.05, 3.63) is 0 Å². The standard InChI is InChI=1S/C8H18N2.ClH/c1-8(2)4-6(9)3-7(10)5-8;/h6-7H,3-5,9-10H2,1-2H3;1H. The van der Waals surface area contributed by atoms with Gasteiger partial charge in [0.05, 0.1) is 0 Å². The van der Waals surface area contributed by atoms with E-state index in [4.69, 9.17) is 11.5 Å². The van der Waals surface area contributed by atoms with Gasteiger partial charge in [-0.2, -0.15) is 0 Å². The molecule has 1 saturated carbocycles. The largest absolute Gasteiger partial charge is 0.328 e. The molecule has 1 aliphatic rings. The van der Waals surface area contributed by atoms with Gasteiger partial charge < -0.3 is 11.5 Å². The maximum Gasteiger partial charge on any atom is 0.00586 e. The summed E-state index contributed by atoms with van der Waals surface area (Å²) in [5.74, 6) is 0. The Hall–Kier alpha value is 0.210. The van der Waals surface area contributed by atoms with Crippen LogP contribution in [0.25, 0.3) is 0 Å². The van der Waals surface area contributed by atoms with E-state index in [1.165, 1.54) is 0 Å². The zero-order valence-electron chi connectivity index (χ0n) is 7.34. The van der Waals surface area contributed by atoms with Gasteiger partial charge in [0, 0.05) is 12.1 Å². The first kappa shape index (κ1) is 11.2. The van der Waals surface area contributed by atoms with E-state index in [0.717, 1.165) is 19.3 Å². The molecule has 0 bridgehead atoms. The summed E-state index contributed by atoms with van der Waals surface area (Å²) in [4.78, 5) is 0. The van der Waals surface area contributed by atoms with Gasteiger partial charge in [0.2, 0.25) is 0 Å². The predicted octanol–water partition coefficient (Wildman–Crippen LogP) is 1.27. The minimum atomic E-state index is 0. The van der Waals surface area contributed by atoms with E-state index in [9.17, 15) is 0 Å². The van der Waals surface area contributed by atoms with Crippen molar-refractivity contribution in [3.63, 3.8) is 0 Å². The molecule has 0 spiro atoms. The van der Waals surface area contributed by atoms with Crippen LogP contribution in [-0.2, 0) is 0 Å². The molecule has 0 heterocycles. The van der Waals surface area contributed by atoms with Gasteiger partial charge in [-0.25, -0.2) is 0 Å². The highest BCUT2D eigenvalue weighted by molar-refractivity contribution is 5.85. The lowest BCUT2D eigenvalue weighted by atomic mass is 9.73. The molecule has 1 aliphatic carbocycles. The first-order chi connectivity index (χ1) is 4.49. The first-order valence-corrected chi connectivity index (χ1v) is 4.01. The van der Waals surface area contributed by atoms with Crippen molar-refractivity contribution < 1.29 is 0 Å². The zero-order valence-corrected chi connectivity index (χ0v) is 8.16. The summed E-state index contributed by atoms with van der Waals surface area (Å²) >= 11 is 0. The normalized spacial score (nSPS) is 36.0. The molecule has 1 rings (SSSR count). The van der Waals surface area contributed by atoms with Crippen molar-refractivity contribution >= 4 is 12.4 Å². The molecule has 0 radical (unpaired) electrons. The van der Waals surface area contributed by atoms with Gasteiger partial charge in [-0.15, -0.1) is 12.4 Å². The Morgan fingerprint density at radius 1 is 1.09 bits per heavy atom. The smallest absolute Gasteiger partial charge is 0.00586 e.